The van der Waals surface area contributed by atoms with E-state index < -0.39 is 5.97 Å². The highest BCUT2D eigenvalue weighted by molar-refractivity contribution is 5.87. The number of aromatic nitrogens is 1. The summed E-state index contributed by atoms with van der Waals surface area (Å²) < 4.78 is 6.78. The van der Waals surface area contributed by atoms with E-state index >= 15 is 0 Å². The molecule has 0 saturated carbocycles. The molecule has 0 unspecified atom stereocenters. The maximum atomic E-state index is 10.5. The Morgan fingerprint density at radius 3 is 2.86 bits per heavy atom. The van der Waals surface area contributed by atoms with Crippen molar-refractivity contribution in [1.29, 1.82) is 0 Å². The van der Waals surface area contributed by atoms with Crippen LogP contribution in [0.25, 0.3) is 0 Å². The number of carbonyl (C=O) groups is 1. The minimum absolute atomic E-state index is 0.00601. The molecule has 0 bridgehead atoms. The van der Waals surface area contributed by atoms with Crippen molar-refractivity contribution >= 4 is 5.97 Å². The monoisotopic (exact) mass is 199 g/mol. The van der Waals surface area contributed by atoms with Crippen LogP contribution in [0.15, 0.2) is 18.5 Å². The van der Waals surface area contributed by atoms with Crippen LogP contribution in [0.3, 0.4) is 0 Å². The molecule has 5 nitrogen and oxygen atoms in total. The second kappa shape index (κ2) is 5.41. The molecule has 14 heavy (non-hydrogen) atoms. The summed E-state index contributed by atoms with van der Waals surface area (Å²) >= 11 is 0. The molecule has 1 rings (SSSR count). The van der Waals surface area contributed by atoms with Crippen LogP contribution < -0.4 is 0 Å². The minimum Gasteiger partial charge on any atom is -0.478 e. The van der Waals surface area contributed by atoms with Crippen molar-refractivity contribution in [2.45, 2.75) is 6.54 Å². The zero-order chi connectivity index (χ0) is 10.4. The largest absolute Gasteiger partial charge is 0.478 e. The molecule has 0 aromatic carbocycles. The number of aliphatic hydroxyl groups excluding tert-OH is 1. The highest BCUT2D eigenvalue weighted by Crippen LogP contribution is 2.00. The van der Waals surface area contributed by atoms with Crippen molar-refractivity contribution in [3.63, 3.8) is 0 Å². The van der Waals surface area contributed by atoms with Crippen molar-refractivity contribution in [1.82, 2.24) is 4.57 Å². The molecular weight excluding hydrogens is 186 g/mol. The smallest absolute Gasteiger partial charge is 0.337 e. The third kappa shape index (κ3) is 3.20. The van der Waals surface area contributed by atoms with E-state index in [0.29, 0.717) is 19.8 Å². The first-order valence-corrected chi connectivity index (χ1v) is 4.31. The first-order chi connectivity index (χ1) is 6.74. The molecule has 0 amide bonds. The first-order valence-electron chi connectivity index (χ1n) is 4.31. The first kappa shape index (κ1) is 10.7. The predicted octanol–water partition coefficient (Wildman–Crippen LogP) is 0.195. The number of hydrogen-bond donors (Lipinski definition) is 2. The number of aliphatic hydroxyl groups is 1. The van der Waals surface area contributed by atoms with Gasteiger partial charge in [0.15, 0.2) is 0 Å². The van der Waals surface area contributed by atoms with E-state index in [2.05, 4.69) is 0 Å². The van der Waals surface area contributed by atoms with Gasteiger partial charge in [-0.25, -0.2) is 4.79 Å². The lowest BCUT2D eigenvalue weighted by Gasteiger charge is -2.02. The molecule has 0 atom stereocenters. The van der Waals surface area contributed by atoms with Crippen molar-refractivity contribution in [3.8, 4) is 0 Å². The Morgan fingerprint density at radius 2 is 2.29 bits per heavy atom. The van der Waals surface area contributed by atoms with E-state index in [9.17, 15) is 4.79 Å². The Morgan fingerprint density at radius 1 is 1.50 bits per heavy atom. The van der Waals surface area contributed by atoms with Crippen LogP contribution >= 0.6 is 0 Å². The molecule has 0 aliphatic rings. The van der Waals surface area contributed by atoms with Gasteiger partial charge in [-0.2, -0.15) is 0 Å². The highest BCUT2D eigenvalue weighted by atomic mass is 16.5. The topological polar surface area (TPSA) is 71.7 Å². The fourth-order valence-corrected chi connectivity index (χ4v) is 1.04. The van der Waals surface area contributed by atoms with Crippen LogP contribution in [0.5, 0.6) is 0 Å². The Labute approximate surface area is 81.5 Å². The molecule has 1 aromatic heterocycles. The number of ether oxygens (including phenoxy) is 1. The lowest BCUT2D eigenvalue weighted by Crippen LogP contribution is -2.07. The maximum Gasteiger partial charge on any atom is 0.337 e. The van der Waals surface area contributed by atoms with Gasteiger partial charge in [-0.1, -0.05) is 0 Å². The van der Waals surface area contributed by atoms with Gasteiger partial charge in [0, 0.05) is 18.9 Å². The molecule has 5 heteroatoms. The van der Waals surface area contributed by atoms with E-state index in [-0.39, 0.29) is 12.2 Å². The lowest BCUT2D eigenvalue weighted by atomic mass is 10.4. The molecule has 2 N–H and O–H groups in total. The Kier molecular flexibility index (Phi) is 4.15. The van der Waals surface area contributed by atoms with Crippen molar-refractivity contribution in [2.24, 2.45) is 0 Å². The number of rotatable bonds is 6. The van der Waals surface area contributed by atoms with E-state index in [4.69, 9.17) is 14.9 Å². The van der Waals surface area contributed by atoms with Gasteiger partial charge in [0.1, 0.15) is 0 Å². The Balaban J connectivity index is 2.33. The van der Waals surface area contributed by atoms with Crippen LogP contribution in [0.4, 0.5) is 0 Å². The van der Waals surface area contributed by atoms with E-state index in [1.165, 1.54) is 6.07 Å². The highest BCUT2D eigenvalue weighted by Gasteiger charge is 2.03. The van der Waals surface area contributed by atoms with Gasteiger partial charge in [0.2, 0.25) is 0 Å². The fourth-order valence-electron chi connectivity index (χ4n) is 1.04. The Hall–Kier alpha value is -1.33. The third-order valence-corrected chi connectivity index (χ3v) is 1.73. The second-order valence-corrected chi connectivity index (χ2v) is 2.78. The molecule has 0 aliphatic carbocycles. The van der Waals surface area contributed by atoms with Gasteiger partial charge >= 0.3 is 5.97 Å². The second-order valence-electron chi connectivity index (χ2n) is 2.78. The van der Waals surface area contributed by atoms with Crippen LogP contribution in [0, 0.1) is 0 Å². The van der Waals surface area contributed by atoms with Crippen molar-refractivity contribution in [3.05, 3.63) is 24.0 Å². The number of hydrogen-bond acceptors (Lipinski definition) is 3. The molecule has 1 heterocycles. The summed E-state index contributed by atoms with van der Waals surface area (Å²) in [5, 5.41) is 17.1. The quantitative estimate of drug-likeness (QED) is 0.642. The van der Waals surface area contributed by atoms with Crippen molar-refractivity contribution < 1.29 is 19.7 Å². The van der Waals surface area contributed by atoms with Crippen LogP contribution in [-0.4, -0.2) is 40.6 Å². The van der Waals surface area contributed by atoms with Gasteiger partial charge in [0.25, 0.3) is 0 Å². The van der Waals surface area contributed by atoms with Gasteiger partial charge < -0.3 is 19.5 Å². The molecule has 0 spiro atoms. The molecule has 1 aromatic rings. The number of aromatic carboxylic acids is 1. The summed E-state index contributed by atoms with van der Waals surface area (Å²) in [5.41, 5.74) is 0.271. The number of nitrogens with zero attached hydrogens (tertiary/aromatic N) is 1. The van der Waals surface area contributed by atoms with Gasteiger partial charge in [-0.05, 0) is 6.07 Å². The molecular formula is C9H13NO4. The molecule has 0 saturated heterocycles. The average Bonchev–Trinajstić information content (AvgIpc) is 2.61. The zero-order valence-corrected chi connectivity index (χ0v) is 7.72. The SMILES string of the molecule is O=C(O)c1ccn(CCOCCO)c1. The van der Waals surface area contributed by atoms with E-state index in [1.54, 1.807) is 17.0 Å². The van der Waals surface area contributed by atoms with Gasteiger partial charge in [-0.3, -0.25) is 0 Å². The molecule has 78 valence electrons. The third-order valence-electron chi connectivity index (χ3n) is 1.73. The van der Waals surface area contributed by atoms with E-state index in [0.717, 1.165) is 0 Å². The zero-order valence-electron chi connectivity index (χ0n) is 7.72. The normalized spacial score (nSPS) is 10.4. The minimum atomic E-state index is -0.931. The summed E-state index contributed by atoms with van der Waals surface area (Å²) in [6.45, 7) is 1.38. The maximum absolute atomic E-state index is 10.5. The molecule has 0 fully saturated rings. The standard InChI is InChI=1S/C9H13NO4/c11-4-6-14-5-3-10-2-1-8(7-10)9(12)13/h1-2,7,11H,3-6H2,(H,12,13). The van der Waals surface area contributed by atoms with Gasteiger partial charge in [0.05, 0.1) is 25.4 Å². The average molecular weight is 199 g/mol. The lowest BCUT2D eigenvalue weighted by molar-refractivity contribution is 0.0696. The molecule has 0 aliphatic heterocycles. The summed E-state index contributed by atoms with van der Waals surface area (Å²) in [5.74, 6) is -0.931. The van der Waals surface area contributed by atoms with Crippen LogP contribution in [0.2, 0.25) is 0 Å². The number of carboxylic acid groups (broad SMARTS) is 1. The fraction of sp³-hybridized carbons (Fsp3) is 0.444. The Bertz CT molecular complexity index is 295. The summed E-state index contributed by atoms with van der Waals surface area (Å²) in [7, 11) is 0. The predicted molar refractivity (Wildman–Crippen MR) is 49.3 cm³/mol. The number of carboxylic acids is 1. The van der Waals surface area contributed by atoms with Crippen LogP contribution in [0.1, 0.15) is 10.4 Å². The van der Waals surface area contributed by atoms with Crippen LogP contribution in [-0.2, 0) is 11.3 Å². The van der Waals surface area contributed by atoms with Crippen molar-refractivity contribution in [2.75, 3.05) is 19.8 Å². The summed E-state index contributed by atoms with van der Waals surface area (Å²) in [6.07, 6.45) is 3.23. The summed E-state index contributed by atoms with van der Waals surface area (Å²) in [4.78, 5) is 10.5. The van der Waals surface area contributed by atoms with Gasteiger partial charge in [-0.15, -0.1) is 0 Å². The molecule has 0 radical (unpaired) electrons. The van der Waals surface area contributed by atoms with E-state index in [1.807, 2.05) is 0 Å². The summed E-state index contributed by atoms with van der Waals surface area (Å²) in [6, 6.07) is 1.54.